The van der Waals surface area contributed by atoms with Crippen molar-refractivity contribution >= 4 is 29.4 Å². The fourth-order valence-electron chi connectivity index (χ4n) is 7.04. The number of benzene rings is 4. The summed E-state index contributed by atoms with van der Waals surface area (Å²) in [6.45, 7) is 4.51. The molecule has 0 N–H and O–H groups in total. The van der Waals surface area contributed by atoms with E-state index in [4.69, 9.17) is 9.73 Å². The van der Waals surface area contributed by atoms with Crippen LogP contribution in [0.2, 0.25) is 0 Å². The number of hydrogen-bond acceptors (Lipinski definition) is 4. The second kappa shape index (κ2) is 8.77. The van der Waals surface area contributed by atoms with E-state index >= 15 is 0 Å². The van der Waals surface area contributed by atoms with E-state index < -0.39 is 17.3 Å². The highest BCUT2D eigenvalue weighted by Crippen LogP contribution is 2.63. The van der Waals surface area contributed by atoms with Gasteiger partial charge in [-0.3, -0.25) is 14.6 Å². The monoisotopic (exact) mass is 512 g/mol. The van der Waals surface area contributed by atoms with Gasteiger partial charge in [0.15, 0.2) is 0 Å². The molecule has 4 aliphatic rings. The average Bonchev–Trinajstić information content (AvgIpc) is 3.24. The minimum Gasteiger partial charge on any atom is -0.494 e. The average molecular weight is 513 g/mol. The van der Waals surface area contributed by atoms with Crippen molar-refractivity contribution in [3.63, 3.8) is 0 Å². The third-order valence-electron chi connectivity index (χ3n) is 8.61. The number of anilines is 1. The van der Waals surface area contributed by atoms with Gasteiger partial charge < -0.3 is 4.74 Å². The molecule has 192 valence electrons. The number of para-hydroxylation sites is 1. The molecule has 1 saturated heterocycles. The van der Waals surface area contributed by atoms with Crippen LogP contribution >= 0.6 is 0 Å². The molecule has 39 heavy (non-hydrogen) atoms. The third-order valence-corrected chi connectivity index (χ3v) is 8.61. The quantitative estimate of drug-likeness (QED) is 0.231. The summed E-state index contributed by atoms with van der Waals surface area (Å²) < 4.78 is 5.59. The standard InChI is InChI=1S/C34H28N2O3/c1-3-39-23-18-16-22(17-19-23)36-32(37)30-29-24-11-5-7-13-26(24)34(31(30)33(36)38,27-14-8-6-12-25(27)29)20-35-28-15-9-4-10-21(28)2/h4-20,29-31H,3H2,1-2H3/t29?,30-,31+,34?/m0/s1. The highest BCUT2D eigenvalue weighted by atomic mass is 16.5. The van der Waals surface area contributed by atoms with Crippen LogP contribution in [0.5, 0.6) is 5.75 Å². The van der Waals surface area contributed by atoms with Gasteiger partial charge in [-0.05, 0) is 72.0 Å². The van der Waals surface area contributed by atoms with Gasteiger partial charge in [-0.15, -0.1) is 0 Å². The number of carbonyl (C=O) groups is 2. The van der Waals surface area contributed by atoms with Gasteiger partial charge in [-0.25, -0.2) is 4.90 Å². The summed E-state index contributed by atoms with van der Waals surface area (Å²) in [4.78, 5) is 35.2. The first-order chi connectivity index (χ1) is 19.1. The lowest BCUT2D eigenvalue weighted by atomic mass is 9.47. The summed E-state index contributed by atoms with van der Waals surface area (Å²) in [7, 11) is 0. The van der Waals surface area contributed by atoms with E-state index in [1.165, 1.54) is 4.90 Å². The van der Waals surface area contributed by atoms with Crippen LogP contribution in [0.25, 0.3) is 0 Å². The van der Waals surface area contributed by atoms with Gasteiger partial charge >= 0.3 is 0 Å². The van der Waals surface area contributed by atoms with E-state index in [-0.39, 0.29) is 17.7 Å². The van der Waals surface area contributed by atoms with Crippen molar-refractivity contribution in [1.82, 2.24) is 0 Å². The largest absolute Gasteiger partial charge is 0.494 e. The van der Waals surface area contributed by atoms with Crippen LogP contribution < -0.4 is 9.64 Å². The van der Waals surface area contributed by atoms with Crippen molar-refractivity contribution < 1.29 is 14.3 Å². The first-order valence-electron chi connectivity index (χ1n) is 13.5. The molecule has 3 aliphatic carbocycles. The fraction of sp³-hybridized carbons (Fsp3) is 0.206. The Bertz CT molecular complexity index is 1610. The van der Waals surface area contributed by atoms with Gasteiger partial charge in [0, 0.05) is 12.1 Å². The molecule has 0 spiro atoms. The number of hydrogen-bond donors (Lipinski definition) is 0. The summed E-state index contributed by atoms with van der Waals surface area (Å²) in [6, 6.07) is 31.7. The summed E-state index contributed by atoms with van der Waals surface area (Å²) in [6.07, 6.45) is 1.95. The Labute approximate surface area is 227 Å². The van der Waals surface area contributed by atoms with E-state index in [1.807, 2.05) is 80.7 Å². The van der Waals surface area contributed by atoms with Crippen molar-refractivity contribution in [2.24, 2.45) is 16.8 Å². The molecule has 0 saturated carbocycles. The summed E-state index contributed by atoms with van der Waals surface area (Å²) in [5, 5.41) is 0. The molecular weight excluding hydrogens is 484 g/mol. The molecule has 4 aromatic rings. The molecular formula is C34H28N2O3. The van der Waals surface area contributed by atoms with Gasteiger partial charge in [0.2, 0.25) is 11.8 Å². The predicted molar refractivity (Wildman–Crippen MR) is 152 cm³/mol. The first kappa shape index (κ1) is 23.6. The molecule has 2 amide bonds. The SMILES string of the molecule is CCOc1ccc(N2C(=O)[C@H]3C4c5ccccc5C(C=Nc5ccccc5C)(c5ccccc54)[C@H]3C2=O)cc1. The number of amides is 2. The highest BCUT2D eigenvalue weighted by molar-refractivity contribution is 6.25. The van der Waals surface area contributed by atoms with E-state index in [0.717, 1.165) is 33.5 Å². The topological polar surface area (TPSA) is 59.0 Å². The number of carbonyl (C=O) groups excluding carboxylic acids is 2. The maximum absolute atomic E-state index is 14.5. The molecule has 0 radical (unpaired) electrons. The van der Waals surface area contributed by atoms with Gasteiger partial charge in [0.25, 0.3) is 0 Å². The van der Waals surface area contributed by atoms with Crippen molar-refractivity contribution in [3.8, 4) is 5.75 Å². The molecule has 5 nitrogen and oxygen atoms in total. The highest BCUT2D eigenvalue weighted by Gasteiger charge is 2.67. The summed E-state index contributed by atoms with van der Waals surface area (Å²) >= 11 is 0. The van der Waals surface area contributed by atoms with Crippen LogP contribution in [0.4, 0.5) is 11.4 Å². The van der Waals surface area contributed by atoms with Gasteiger partial charge in [-0.1, -0.05) is 66.7 Å². The smallest absolute Gasteiger partial charge is 0.239 e. The van der Waals surface area contributed by atoms with Crippen LogP contribution in [0.15, 0.2) is 102 Å². The number of aliphatic imine (C=N–C) groups is 1. The third kappa shape index (κ3) is 3.22. The molecule has 0 aromatic heterocycles. The molecule has 1 fully saturated rings. The Kier molecular flexibility index (Phi) is 5.31. The van der Waals surface area contributed by atoms with Crippen LogP contribution in [-0.4, -0.2) is 24.6 Å². The number of aryl methyl sites for hydroxylation is 1. The molecule has 2 bridgehead atoms. The predicted octanol–water partition coefficient (Wildman–Crippen LogP) is 6.35. The number of imide groups is 1. The zero-order chi connectivity index (χ0) is 26.7. The van der Waals surface area contributed by atoms with Crippen LogP contribution in [0.1, 0.15) is 40.7 Å². The summed E-state index contributed by atoms with van der Waals surface area (Å²) in [5.41, 5.74) is 5.92. The van der Waals surface area contributed by atoms with Crippen molar-refractivity contribution in [1.29, 1.82) is 0 Å². The van der Waals surface area contributed by atoms with E-state index in [1.54, 1.807) is 12.1 Å². The number of nitrogens with zero attached hydrogens (tertiary/aromatic N) is 2. The van der Waals surface area contributed by atoms with E-state index in [2.05, 4.69) is 24.3 Å². The first-order valence-corrected chi connectivity index (χ1v) is 13.5. The van der Waals surface area contributed by atoms with Gasteiger partial charge in [0.05, 0.1) is 35.2 Å². The van der Waals surface area contributed by atoms with Crippen LogP contribution in [0.3, 0.4) is 0 Å². The lowest BCUT2D eigenvalue weighted by molar-refractivity contribution is -0.122. The summed E-state index contributed by atoms with van der Waals surface area (Å²) in [5.74, 6) is -0.938. The van der Waals surface area contributed by atoms with Crippen molar-refractivity contribution in [2.45, 2.75) is 25.2 Å². The van der Waals surface area contributed by atoms with Gasteiger partial charge in [-0.2, -0.15) is 0 Å². The molecule has 4 aromatic carbocycles. The Hall–Kier alpha value is -4.51. The molecule has 0 unspecified atom stereocenters. The Morgan fingerprint density at radius 3 is 2.08 bits per heavy atom. The second-order valence-corrected chi connectivity index (χ2v) is 10.5. The fourth-order valence-corrected chi connectivity index (χ4v) is 7.04. The zero-order valence-corrected chi connectivity index (χ0v) is 21.9. The van der Waals surface area contributed by atoms with Crippen LogP contribution in [-0.2, 0) is 15.0 Å². The minimum atomic E-state index is -0.873. The maximum atomic E-state index is 14.5. The molecule has 1 heterocycles. The Balaban J connectivity index is 1.46. The Morgan fingerprint density at radius 1 is 0.821 bits per heavy atom. The lowest BCUT2D eigenvalue weighted by Gasteiger charge is -2.52. The van der Waals surface area contributed by atoms with E-state index in [0.29, 0.717) is 18.0 Å². The Morgan fingerprint density at radius 2 is 1.44 bits per heavy atom. The van der Waals surface area contributed by atoms with Gasteiger partial charge in [0.1, 0.15) is 5.75 Å². The number of ether oxygens (including phenoxy) is 1. The van der Waals surface area contributed by atoms with E-state index in [9.17, 15) is 9.59 Å². The number of rotatable bonds is 5. The molecule has 2 atom stereocenters. The molecule has 8 rings (SSSR count). The lowest BCUT2D eigenvalue weighted by Crippen LogP contribution is -2.54. The maximum Gasteiger partial charge on any atom is 0.239 e. The molecule has 5 heteroatoms. The van der Waals surface area contributed by atoms with Crippen LogP contribution in [0, 0.1) is 18.8 Å². The zero-order valence-electron chi connectivity index (χ0n) is 21.9. The van der Waals surface area contributed by atoms with Crippen molar-refractivity contribution in [3.05, 3.63) is 125 Å². The van der Waals surface area contributed by atoms with Crippen molar-refractivity contribution in [2.75, 3.05) is 11.5 Å². The minimum absolute atomic E-state index is 0.156. The second-order valence-electron chi connectivity index (χ2n) is 10.5. The molecule has 1 aliphatic heterocycles. The normalized spacial score (nSPS) is 24.6.